The minimum Gasteiger partial charge on any atom is -0.506 e. The Morgan fingerprint density at radius 2 is 2.06 bits per heavy atom. The summed E-state index contributed by atoms with van der Waals surface area (Å²) in [4.78, 5) is 31.5. The Morgan fingerprint density at radius 1 is 1.26 bits per heavy atom. The summed E-state index contributed by atoms with van der Waals surface area (Å²) < 4.78 is 1.89. The highest BCUT2D eigenvalue weighted by Crippen LogP contribution is 2.46. The van der Waals surface area contributed by atoms with E-state index in [1.54, 1.807) is 25.4 Å². The second-order valence-corrected chi connectivity index (χ2v) is 9.47. The van der Waals surface area contributed by atoms with Gasteiger partial charge in [-0.25, -0.2) is 19.9 Å². The van der Waals surface area contributed by atoms with E-state index in [9.17, 15) is 9.90 Å². The van der Waals surface area contributed by atoms with E-state index in [2.05, 4.69) is 34.1 Å². The standard InChI is InChI=1S/C24H24ClN7O2/c1-12(2)4-7-15-22-27-8-9-32(22)11-16(28-15)20-29-19(26)18-21(30-20)31-23(34)24(18,3)13-5-6-14(25)17(33)10-13/h5-6,8-12,33H,4,7H2,1-3H3,(H3,26,29,30,31,34)/t24-/m0/s1. The van der Waals surface area contributed by atoms with Gasteiger partial charge in [-0.2, -0.15) is 0 Å². The number of aryl methyl sites for hydroxylation is 1. The Bertz CT molecular complexity index is 1450. The Morgan fingerprint density at radius 3 is 2.79 bits per heavy atom. The SMILES string of the molecule is CC(C)CCc1nc(-c2nc(N)c3c(n2)NC(=O)[C@@]3(C)c2ccc(Cl)c(O)c2)cn2ccnc12. The number of nitrogens with zero attached hydrogens (tertiary/aromatic N) is 5. The summed E-state index contributed by atoms with van der Waals surface area (Å²) in [7, 11) is 0. The van der Waals surface area contributed by atoms with E-state index in [1.807, 2.05) is 10.6 Å². The lowest BCUT2D eigenvalue weighted by Crippen LogP contribution is -2.32. The van der Waals surface area contributed by atoms with Crippen molar-refractivity contribution in [2.45, 2.75) is 39.0 Å². The number of nitrogens with two attached hydrogens (primary N) is 1. The number of carbonyl (C=O) groups is 1. The second-order valence-electron chi connectivity index (χ2n) is 9.06. The lowest BCUT2D eigenvalue weighted by Gasteiger charge is -2.23. The first kappa shape index (κ1) is 22.1. The third kappa shape index (κ3) is 3.43. The number of hydrogen-bond donors (Lipinski definition) is 3. The number of rotatable bonds is 5. The van der Waals surface area contributed by atoms with Gasteiger partial charge in [-0.1, -0.05) is 31.5 Å². The van der Waals surface area contributed by atoms with Gasteiger partial charge in [0.15, 0.2) is 11.5 Å². The third-order valence-corrected chi connectivity index (χ3v) is 6.60. The number of imidazole rings is 1. The van der Waals surface area contributed by atoms with Gasteiger partial charge in [0.05, 0.1) is 16.3 Å². The molecule has 174 valence electrons. The maximum atomic E-state index is 13.1. The van der Waals surface area contributed by atoms with Crippen LogP contribution >= 0.6 is 11.6 Å². The molecule has 10 heteroatoms. The zero-order valence-electron chi connectivity index (χ0n) is 19.0. The Hall–Kier alpha value is -3.72. The van der Waals surface area contributed by atoms with E-state index >= 15 is 0 Å². The van der Waals surface area contributed by atoms with E-state index in [1.165, 1.54) is 12.1 Å². The number of hydrogen-bond acceptors (Lipinski definition) is 7. The minimum atomic E-state index is -1.19. The highest BCUT2D eigenvalue weighted by Gasteiger charge is 2.47. The molecule has 0 saturated carbocycles. The average Bonchev–Trinajstić information content (AvgIpc) is 3.36. The number of phenolic OH excluding ortho intramolecular Hbond substituents is 1. The van der Waals surface area contributed by atoms with Crippen LogP contribution in [0.15, 0.2) is 36.8 Å². The van der Waals surface area contributed by atoms with Gasteiger partial charge in [0.25, 0.3) is 0 Å². The number of halogens is 1. The molecular formula is C24H24ClN7O2. The Balaban J connectivity index is 1.62. The molecule has 34 heavy (non-hydrogen) atoms. The molecule has 1 aliphatic rings. The maximum absolute atomic E-state index is 13.1. The van der Waals surface area contributed by atoms with Crippen molar-refractivity contribution in [2.24, 2.45) is 5.92 Å². The predicted octanol–water partition coefficient (Wildman–Crippen LogP) is 3.97. The van der Waals surface area contributed by atoms with Gasteiger partial charge >= 0.3 is 0 Å². The number of carbonyl (C=O) groups excluding carboxylic acids is 1. The maximum Gasteiger partial charge on any atom is 0.240 e. The average molecular weight is 478 g/mol. The molecule has 1 atom stereocenters. The minimum absolute atomic E-state index is 0.121. The zero-order valence-corrected chi connectivity index (χ0v) is 19.8. The van der Waals surface area contributed by atoms with Crippen LogP contribution in [0.25, 0.3) is 17.2 Å². The van der Waals surface area contributed by atoms with Crippen molar-refractivity contribution >= 4 is 34.8 Å². The molecule has 0 unspecified atom stereocenters. The van der Waals surface area contributed by atoms with Crippen molar-refractivity contribution in [1.29, 1.82) is 0 Å². The lowest BCUT2D eigenvalue weighted by atomic mass is 9.77. The molecule has 4 aromatic rings. The molecule has 1 aromatic carbocycles. The number of fused-ring (bicyclic) bond motifs is 2. The van der Waals surface area contributed by atoms with Crippen molar-refractivity contribution in [3.05, 3.63) is 58.6 Å². The van der Waals surface area contributed by atoms with E-state index in [0.717, 1.165) is 24.2 Å². The number of amides is 1. The number of nitrogens with one attached hydrogen (secondary N) is 1. The number of phenols is 1. The number of aromatic nitrogens is 5. The molecule has 3 aromatic heterocycles. The fourth-order valence-corrected chi connectivity index (χ4v) is 4.44. The fourth-order valence-electron chi connectivity index (χ4n) is 4.32. The normalized spacial score (nSPS) is 17.4. The number of anilines is 2. The van der Waals surface area contributed by atoms with Crippen LogP contribution in [0.3, 0.4) is 0 Å². The van der Waals surface area contributed by atoms with E-state index in [-0.39, 0.29) is 22.5 Å². The van der Waals surface area contributed by atoms with Crippen LogP contribution < -0.4 is 11.1 Å². The molecule has 4 N–H and O–H groups in total. The van der Waals surface area contributed by atoms with Gasteiger partial charge in [-0.05, 0) is 43.4 Å². The molecule has 0 bridgehead atoms. The van der Waals surface area contributed by atoms with Gasteiger partial charge in [0.1, 0.15) is 28.5 Å². The number of benzene rings is 1. The Kier molecular flexibility index (Phi) is 5.16. The lowest BCUT2D eigenvalue weighted by molar-refractivity contribution is -0.119. The van der Waals surface area contributed by atoms with Gasteiger partial charge in [0.2, 0.25) is 5.91 Å². The first-order valence-corrected chi connectivity index (χ1v) is 11.4. The van der Waals surface area contributed by atoms with Crippen molar-refractivity contribution in [3.63, 3.8) is 0 Å². The summed E-state index contributed by atoms with van der Waals surface area (Å²) in [5, 5.41) is 13.1. The summed E-state index contributed by atoms with van der Waals surface area (Å²) in [6.07, 6.45) is 7.11. The molecule has 0 saturated heterocycles. The predicted molar refractivity (Wildman–Crippen MR) is 130 cm³/mol. The van der Waals surface area contributed by atoms with E-state index in [4.69, 9.17) is 22.3 Å². The molecule has 0 spiro atoms. The van der Waals surface area contributed by atoms with Crippen LogP contribution in [-0.2, 0) is 16.6 Å². The molecule has 1 amide bonds. The van der Waals surface area contributed by atoms with Crippen molar-refractivity contribution in [1.82, 2.24) is 24.3 Å². The molecule has 0 aliphatic carbocycles. The van der Waals surface area contributed by atoms with Crippen LogP contribution in [0.5, 0.6) is 5.75 Å². The van der Waals surface area contributed by atoms with E-state index < -0.39 is 5.41 Å². The highest BCUT2D eigenvalue weighted by atomic mass is 35.5. The topological polar surface area (TPSA) is 131 Å². The fraction of sp³-hybridized carbons (Fsp3) is 0.292. The smallest absolute Gasteiger partial charge is 0.240 e. The van der Waals surface area contributed by atoms with Gasteiger partial charge in [-0.3, -0.25) is 4.79 Å². The van der Waals surface area contributed by atoms with Crippen LogP contribution in [0, 0.1) is 5.92 Å². The quantitative estimate of drug-likeness (QED) is 0.396. The van der Waals surface area contributed by atoms with Crippen molar-refractivity contribution in [2.75, 3.05) is 11.1 Å². The summed E-state index contributed by atoms with van der Waals surface area (Å²) in [5.74, 6) is 0.864. The van der Waals surface area contributed by atoms with Crippen LogP contribution in [0.1, 0.15) is 44.0 Å². The molecular weight excluding hydrogens is 454 g/mol. The first-order chi connectivity index (χ1) is 16.2. The number of nitrogen functional groups attached to an aromatic ring is 1. The summed E-state index contributed by atoms with van der Waals surface area (Å²) in [6, 6.07) is 4.68. The van der Waals surface area contributed by atoms with Gasteiger partial charge < -0.3 is 20.6 Å². The summed E-state index contributed by atoms with van der Waals surface area (Å²) in [5.41, 5.74) is 8.37. The molecule has 0 radical (unpaired) electrons. The van der Waals surface area contributed by atoms with Gasteiger partial charge in [-0.15, -0.1) is 0 Å². The van der Waals surface area contributed by atoms with Crippen LogP contribution in [0.4, 0.5) is 11.6 Å². The number of aromatic hydroxyl groups is 1. The summed E-state index contributed by atoms with van der Waals surface area (Å²) in [6.45, 7) is 6.05. The van der Waals surface area contributed by atoms with Crippen LogP contribution in [-0.4, -0.2) is 35.4 Å². The van der Waals surface area contributed by atoms with E-state index in [0.29, 0.717) is 34.4 Å². The van der Waals surface area contributed by atoms with Crippen LogP contribution in [0.2, 0.25) is 5.02 Å². The molecule has 0 fully saturated rings. The molecule has 1 aliphatic heterocycles. The van der Waals surface area contributed by atoms with Crippen molar-refractivity contribution < 1.29 is 9.90 Å². The highest BCUT2D eigenvalue weighted by molar-refractivity contribution is 6.32. The third-order valence-electron chi connectivity index (χ3n) is 6.28. The Labute approximate surface area is 201 Å². The largest absolute Gasteiger partial charge is 0.506 e. The zero-order chi connectivity index (χ0) is 24.2. The first-order valence-electron chi connectivity index (χ1n) is 11.0. The molecule has 9 nitrogen and oxygen atoms in total. The molecule has 4 heterocycles. The molecule has 5 rings (SSSR count). The van der Waals surface area contributed by atoms with Crippen molar-refractivity contribution in [3.8, 4) is 17.3 Å². The monoisotopic (exact) mass is 477 g/mol. The summed E-state index contributed by atoms with van der Waals surface area (Å²) >= 11 is 5.96. The second kappa shape index (κ2) is 7.95. The van der Waals surface area contributed by atoms with Gasteiger partial charge in [0, 0.05) is 18.6 Å².